The lowest BCUT2D eigenvalue weighted by atomic mass is 9.99. The Hall–Kier alpha value is -1.84. The normalized spacial score (nSPS) is 11.9. The number of carbonyl (C=O) groups excluding carboxylic acids is 1. The third-order valence-corrected chi connectivity index (χ3v) is 2.36. The fourth-order valence-electron chi connectivity index (χ4n) is 1.34. The van der Waals surface area contributed by atoms with E-state index in [0.29, 0.717) is 6.54 Å². The number of hydrogen-bond donors (Lipinski definition) is 2. The Morgan fingerprint density at radius 3 is 2.69 bits per heavy atom. The fraction of sp³-hybridized carbons (Fsp3) is 0.333. The van der Waals surface area contributed by atoms with E-state index in [0.717, 1.165) is 11.1 Å². The van der Waals surface area contributed by atoms with E-state index in [1.807, 2.05) is 6.07 Å². The number of hydrogen-bond acceptors (Lipinski definition) is 2. The molecule has 0 aliphatic rings. The minimum atomic E-state index is -0.850. The third kappa shape index (κ3) is 3.38. The maximum atomic E-state index is 10.8. The van der Waals surface area contributed by atoms with Gasteiger partial charge in [-0.15, -0.1) is 0 Å². The summed E-state index contributed by atoms with van der Waals surface area (Å²) in [5.74, 6) is -1.48. The van der Waals surface area contributed by atoms with Gasteiger partial charge >= 0.3 is 5.97 Å². The van der Waals surface area contributed by atoms with Crippen molar-refractivity contribution in [3.05, 3.63) is 35.4 Å². The Bertz CT molecular complexity index is 401. The monoisotopic (exact) mass is 221 g/mol. The van der Waals surface area contributed by atoms with Gasteiger partial charge in [-0.2, -0.15) is 0 Å². The quantitative estimate of drug-likeness (QED) is 0.809. The molecule has 0 heterocycles. The highest BCUT2D eigenvalue weighted by Crippen LogP contribution is 2.16. The molecule has 2 N–H and O–H groups in total. The lowest BCUT2D eigenvalue weighted by Gasteiger charge is -2.09. The van der Waals surface area contributed by atoms with Crippen molar-refractivity contribution in [2.24, 2.45) is 0 Å². The first kappa shape index (κ1) is 12.2. The number of carboxylic acid groups (broad SMARTS) is 1. The molecule has 1 rings (SSSR count). The van der Waals surface area contributed by atoms with E-state index < -0.39 is 11.9 Å². The van der Waals surface area contributed by atoms with Crippen LogP contribution in [-0.2, 0) is 16.1 Å². The van der Waals surface area contributed by atoms with Gasteiger partial charge in [0.2, 0.25) is 5.91 Å². The molecule has 0 aromatic heterocycles. The molecule has 1 amide bonds. The van der Waals surface area contributed by atoms with E-state index in [1.165, 1.54) is 6.92 Å². The molecule has 0 radical (unpaired) electrons. The van der Waals surface area contributed by atoms with Gasteiger partial charge in [-0.25, -0.2) is 0 Å². The van der Waals surface area contributed by atoms with Crippen molar-refractivity contribution in [2.75, 3.05) is 0 Å². The Balaban J connectivity index is 2.78. The maximum absolute atomic E-state index is 10.8. The van der Waals surface area contributed by atoms with Gasteiger partial charge < -0.3 is 10.4 Å². The number of aliphatic carboxylic acids is 1. The van der Waals surface area contributed by atoms with Crippen LogP contribution in [0.15, 0.2) is 24.3 Å². The number of nitrogens with one attached hydrogen (secondary N) is 1. The zero-order chi connectivity index (χ0) is 12.1. The molecule has 0 fully saturated rings. The van der Waals surface area contributed by atoms with Crippen LogP contribution < -0.4 is 5.32 Å². The molecule has 4 heteroatoms. The van der Waals surface area contributed by atoms with Gasteiger partial charge in [0, 0.05) is 13.5 Å². The number of benzene rings is 1. The molecule has 0 aliphatic heterocycles. The zero-order valence-electron chi connectivity index (χ0n) is 9.36. The standard InChI is InChI=1S/C12H15NO3/c1-8(12(15)16)11-5-3-4-10(6-11)7-13-9(2)14/h3-6,8H,7H2,1-2H3,(H,13,14)(H,15,16). The van der Waals surface area contributed by atoms with E-state index >= 15 is 0 Å². The number of carboxylic acids is 1. The SMILES string of the molecule is CC(=O)NCc1cccc(C(C)C(=O)O)c1. The van der Waals surface area contributed by atoms with Gasteiger partial charge in [-0.3, -0.25) is 9.59 Å². The summed E-state index contributed by atoms with van der Waals surface area (Å²) in [6.07, 6.45) is 0. The van der Waals surface area contributed by atoms with Crippen LogP contribution in [-0.4, -0.2) is 17.0 Å². The van der Waals surface area contributed by atoms with Crippen molar-refractivity contribution in [1.82, 2.24) is 5.32 Å². The Kier molecular flexibility index (Phi) is 4.05. The van der Waals surface area contributed by atoms with Gasteiger partial charge in [-0.05, 0) is 18.1 Å². The lowest BCUT2D eigenvalue weighted by molar-refractivity contribution is -0.138. The maximum Gasteiger partial charge on any atom is 0.310 e. The summed E-state index contributed by atoms with van der Waals surface area (Å²) in [7, 11) is 0. The summed E-state index contributed by atoms with van der Waals surface area (Å²) in [4.78, 5) is 21.5. The molecular formula is C12H15NO3. The van der Waals surface area contributed by atoms with Crippen molar-refractivity contribution in [2.45, 2.75) is 26.3 Å². The van der Waals surface area contributed by atoms with Gasteiger partial charge in [0.1, 0.15) is 0 Å². The predicted molar refractivity (Wildman–Crippen MR) is 60.0 cm³/mol. The second-order valence-electron chi connectivity index (χ2n) is 3.71. The van der Waals surface area contributed by atoms with Crippen LogP contribution in [0.5, 0.6) is 0 Å². The molecule has 1 atom stereocenters. The molecule has 16 heavy (non-hydrogen) atoms. The average Bonchev–Trinajstić information content (AvgIpc) is 2.25. The summed E-state index contributed by atoms with van der Waals surface area (Å²) in [6.45, 7) is 3.51. The molecule has 1 aromatic carbocycles. The van der Waals surface area contributed by atoms with Crippen molar-refractivity contribution < 1.29 is 14.7 Å². The van der Waals surface area contributed by atoms with Crippen LogP contribution in [0.25, 0.3) is 0 Å². The zero-order valence-corrected chi connectivity index (χ0v) is 9.36. The minimum Gasteiger partial charge on any atom is -0.481 e. The van der Waals surface area contributed by atoms with Crippen LogP contribution in [0.1, 0.15) is 30.9 Å². The van der Waals surface area contributed by atoms with E-state index in [2.05, 4.69) is 5.32 Å². The molecule has 0 saturated carbocycles. The van der Waals surface area contributed by atoms with Gasteiger partial charge in [0.15, 0.2) is 0 Å². The summed E-state index contributed by atoms with van der Waals surface area (Å²) < 4.78 is 0. The molecular weight excluding hydrogens is 206 g/mol. The van der Waals surface area contributed by atoms with E-state index in [9.17, 15) is 9.59 Å². The summed E-state index contributed by atoms with van der Waals surface area (Å²) >= 11 is 0. The van der Waals surface area contributed by atoms with E-state index in [-0.39, 0.29) is 5.91 Å². The van der Waals surface area contributed by atoms with Crippen molar-refractivity contribution >= 4 is 11.9 Å². The molecule has 0 saturated heterocycles. The Morgan fingerprint density at radius 1 is 1.44 bits per heavy atom. The second kappa shape index (κ2) is 5.30. The van der Waals surface area contributed by atoms with Crippen molar-refractivity contribution in [1.29, 1.82) is 0 Å². The molecule has 1 aromatic rings. The van der Waals surface area contributed by atoms with Gasteiger partial charge in [0.25, 0.3) is 0 Å². The highest BCUT2D eigenvalue weighted by Gasteiger charge is 2.13. The third-order valence-electron chi connectivity index (χ3n) is 2.36. The molecule has 1 unspecified atom stereocenters. The molecule has 86 valence electrons. The minimum absolute atomic E-state index is 0.100. The smallest absolute Gasteiger partial charge is 0.310 e. The van der Waals surface area contributed by atoms with Crippen LogP contribution in [0.4, 0.5) is 0 Å². The average molecular weight is 221 g/mol. The number of rotatable bonds is 4. The lowest BCUT2D eigenvalue weighted by Crippen LogP contribution is -2.19. The fourth-order valence-corrected chi connectivity index (χ4v) is 1.34. The van der Waals surface area contributed by atoms with Crippen LogP contribution in [0, 0.1) is 0 Å². The first-order chi connectivity index (χ1) is 7.50. The summed E-state index contributed by atoms with van der Waals surface area (Å²) in [5.41, 5.74) is 1.65. The largest absolute Gasteiger partial charge is 0.481 e. The highest BCUT2D eigenvalue weighted by molar-refractivity contribution is 5.75. The highest BCUT2D eigenvalue weighted by atomic mass is 16.4. The summed E-state index contributed by atoms with van der Waals surface area (Å²) in [5, 5.41) is 11.5. The molecule has 0 aliphatic carbocycles. The summed E-state index contributed by atoms with van der Waals surface area (Å²) in [6, 6.07) is 7.23. The van der Waals surface area contributed by atoms with Crippen molar-refractivity contribution in [3.63, 3.8) is 0 Å². The Labute approximate surface area is 94.3 Å². The molecule has 4 nitrogen and oxygen atoms in total. The second-order valence-corrected chi connectivity index (χ2v) is 3.71. The molecule has 0 spiro atoms. The van der Waals surface area contributed by atoms with Crippen molar-refractivity contribution in [3.8, 4) is 0 Å². The first-order valence-corrected chi connectivity index (χ1v) is 5.07. The van der Waals surface area contributed by atoms with Crippen LogP contribution in [0.3, 0.4) is 0 Å². The first-order valence-electron chi connectivity index (χ1n) is 5.07. The topological polar surface area (TPSA) is 66.4 Å². The van der Waals surface area contributed by atoms with Gasteiger partial charge in [0.05, 0.1) is 5.92 Å². The molecule has 0 bridgehead atoms. The van der Waals surface area contributed by atoms with E-state index in [4.69, 9.17) is 5.11 Å². The van der Waals surface area contributed by atoms with Crippen LogP contribution >= 0.6 is 0 Å². The number of carbonyl (C=O) groups is 2. The Morgan fingerprint density at radius 2 is 2.12 bits per heavy atom. The number of amides is 1. The van der Waals surface area contributed by atoms with Gasteiger partial charge in [-0.1, -0.05) is 24.3 Å². The van der Waals surface area contributed by atoms with Crippen LogP contribution in [0.2, 0.25) is 0 Å². The predicted octanol–water partition coefficient (Wildman–Crippen LogP) is 1.51. The van der Waals surface area contributed by atoms with E-state index in [1.54, 1.807) is 25.1 Å².